The highest BCUT2D eigenvalue weighted by Gasteiger charge is 2.27. The number of nitrogen functional groups attached to an aromatic ring is 1. The number of piperidine rings is 1. The number of nitrogens with zero attached hydrogens (tertiary/aromatic N) is 3. The molecule has 94 valence electrons. The molecule has 0 saturated carbocycles. The van der Waals surface area contributed by atoms with E-state index in [1.165, 1.54) is 12.8 Å². The average Bonchev–Trinajstić information content (AvgIpc) is 2.33. The van der Waals surface area contributed by atoms with Crippen LogP contribution in [0.5, 0.6) is 0 Å². The molecule has 5 nitrogen and oxygen atoms in total. The number of anilines is 2. The normalized spacial score (nSPS) is 24.8. The molecule has 1 aliphatic heterocycles. The molecule has 1 aromatic rings. The highest BCUT2D eigenvalue weighted by Crippen LogP contribution is 2.30. The van der Waals surface area contributed by atoms with Crippen LogP contribution in [-0.4, -0.2) is 22.6 Å². The fourth-order valence-corrected chi connectivity index (χ4v) is 2.51. The van der Waals surface area contributed by atoms with Gasteiger partial charge >= 0.3 is 0 Å². The maximum Gasteiger partial charge on any atom is 0.148 e. The summed E-state index contributed by atoms with van der Waals surface area (Å²) < 4.78 is 0. The summed E-state index contributed by atoms with van der Waals surface area (Å²) >= 11 is 0. The SMILES string of the molecule is Cc1c(NN)ncnc1N1CCCC(C)C1C. The number of nitrogens with one attached hydrogen (secondary N) is 1. The standard InChI is InChI=1S/C12H21N5/c1-8-5-4-6-17(10(8)3)12-9(2)11(16-13)14-7-15-12/h7-8,10H,4-6,13H2,1-3H3,(H,14,15,16). The summed E-state index contributed by atoms with van der Waals surface area (Å²) in [6.07, 6.45) is 4.09. The number of aromatic nitrogens is 2. The molecule has 0 aromatic carbocycles. The summed E-state index contributed by atoms with van der Waals surface area (Å²) in [4.78, 5) is 10.9. The zero-order valence-corrected chi connectivity index (χ0v) is 10.8. The Morgan fingerprint density at radius 1 is 1.41 bits per heavy atom. The Hall–Kier alpha value is -1.36. The smallest absolute Gasteiger partial charge is 0.148 e. The van der Waals surface area contributed by atoms with Gasteiger partial charge in [-0.15, -0.1) is 0 Å². The van der Waals surface area contributed by atoms with Crippen LogP contribution in [0.15, 0.2) is 6.33 Å². The predicted octanol–water partition coefficient (Wildman–Crippen LogP) is 1.70. The van der Waals surface area contributed by atoms with Gasteiger partial charge in [0, 0.05) is 18.2 Å². The summed E-state index contributed by atoms with van der Waals surface area (Å²) in [5.41, 5.74) is 3.65. The topological polar surface area (TPSA) is 67.1 Å². The zero-order valence-electron chi connectivity index (χ0n) is 10.8. The van der Waals surface area contributed by atoms with Crippen LogP contribution in [-0.2, 0) is 0 Å². The molecule has 0 bridgehead atoms. The third-order valence-corrected chi connectivity index (χ3v) is 3.84. The van der Waals surface area contributed by atoms with Gasteiger partial charge in [-0.3, -0.25) is 0 Å². The van der Waals surface area contributed by atoms with Crippen LogP contribution in [0, 0.1) is 12.8 Å². The van der Waals surface area contributed by atoms with Crippen molar-refractivity contribution in [1.82, 2.24) is 9.97 Å². The van der Waals surface area contributed by atoms with Crippen LogP contribution in [0.3, 0.4) is 0 Å². The fourth-order valence-electron chi connectivity index (χ4n) is 2.51. The first-order valence-corrected chi connectivity index (χ1v) is 6.20. The van der Waals surface area contributed by atoms with Gasteiger partial charge in [0.1, 0.15) is 18.0 Å². The second-order valence-electron chi connectivity index (χ2n) is 4.87. The molecule has 1 fully saturated rings. The molecule has 5 heteroatoms. The van der Waals surface area contributed by atoms with E-state index in [4.69, 9.17) is 5.84 Å². The number of hydrazine groups is 1. The van der Waals surface area contributed by atoms with Crippen LogP contribution in [0.25, 0.3) is 0 Å². The Morgan fingerprint density at radius 2 is 2.18 bits per heavy atom. The molecule has 0 radical (unpaired) electrons. The van der Waals surface area contributed by atoms with Crippen molar-refractivity contribution in [2.75, 3.05) is 16.9 Å². The summed E-state index contributed by atoms with van der Waals surface area (Å²) in [6.45, 7) is 7.64. The third-order valence-electron chi connectivity index (χ3n) is 3.84. The highest BCUT2D eigenvalue weighted by atomic mass is 15.3. The predicted molar refractivity (Wildman–Crippen MR) is 69.8 cm³/mol. The van der Waals surface area contributed by atoms with Crippen LogP contribution < -0.4 is 16.2 Å². The van der Waals surface area contributed by atoms with Crippen molar-refractivity contribution >= 4 is 11.6 Å². The minimum absolute atomic E-state index is 0.517. The van der Waals surface area contributed by atoms with Crippen molar-refractivity contribution < 1.29 is 0 Å². The van der Waals surface area contributed by atoms with E-state index < -0.39 is 0 Å². The molecule has 0 spiro atoms. The van der Waals surface area contributed by atoms with E-state index in [1.54, 1.807) is 6.33 Å². The average molecular weight is 235 g/mol. The lowest BCUT2D eigenvalue weighted by atomic mass is 9.92. The lowest BCUT2D eigenvalue weighted by molar-refractivity contribution is 0.361. The first kappa shape index (κ1) is 12.1. The second-order valence-corrected chi connectivity index (χ2v) is 4.87. The minimum atomic E-state index is 0.517. The summed E-state index contributed by atoms with van der Waals surface area (Å²) in [6, 6.07) is 0.517. The van der Waals surface area contributed by atoms with Crippen molar-refractivity contribution in [2.45, 2.75) is 39.7 Å². The fraction of sp³-hybridized carbons (Fsp3) is 0.667. The van der Waals surface area contributed by atoms with Crippen LogP contribution in [0.2, 0.25) is 0 Å². The van der Waals surface area contributed by atoms with Gasteiger partial charge in [-0.05, 0) is 32.6 Å². The van der Waals surface area contributed by atoms with Crippen molar-refractivity contribution in [2.24, 2.45) is 11.8 Å². The van der Waals surface area contributed by atoms with Gasteiger partial charge in [-0.25, -0.2) is 15.8 Å². The Bertz CT molecular complexity index is 392. The number of hydrogen-bond acceptors (Lipinski definition) is 5. The van der Waals surface area contributed by atoms with Crippen LogP contribution in [0.4, 0.5) is 11.6 Å². The largest absolute Gasteiger partial charge is 0.353 e. The van der Waals surface area contributed by atoms with E-state index in [9.17, 15) is 0 Å². The van der Waals surface area contributed by atoms with E-state index in [0.29, 0.717) is 17.8 Å². The molecular formula is C12H21N5. The summed E-state index contributed by atoms with van der Waals surface area (Å²) in [5.74, 6) is 7.87. The zero-order chi connectivity index (χ0) is 12.4. The van der Waals surface area contributed by atoms with Gasteiger partial charge < -0.3 is 10.3 Å². The first-order valence-electron chi connectivity index (χ1n) is 6.20. The molecule has 2 heterocycles. The molecular weight excluding hydrogens is 214 g/mol. The Kier molecular flexibility index (Phi) is 3.47. The monoisotopic (exact) mass is 235 g/mol. The third kappa shape index (κ3) is 2.20. The van der Waals surface area contributed by atoms with Gasteiger partial charge in [0.05, 0.1) is 0 Å². The Labute approximate surface area is 102 Å². The molecule has 1 aromatic heterocycles. The van der Waals surface area contributed by atoms with Gasteiger partial charge in [0.2, 0.25) is 0 Å². The van der Waals surface area contributed by atoms with Gasteiger partial charge in [0.25, 0.3) is 0 Å². The number of nitrogens with two attached hydrogens (primary N) is 1. The Balaban J connectivity index is 2.33. The molecule has 3 N–H and O–H groups in total. The maximum atomic E-state index is 5.45. The van der Waals surface area contributed by atoms with Crippen LogP contribution >= 0.6 is 0 Å². The Morgan fingerprint density at radius 3 is 2.88 bits per heavy atom. The molecule has 2 atom stereocenters. The lowest BCUT2D eigenvalue weighted by Crippen LogP contribution is -2.43. The van der Waals surface area contributed by atoms with Crippen molar-refractivity contribution in [3.05, 3.63) is 11.9 Å². The van der Waals surface area contributed by atoms with Crippen molar-refractivity contribution in [3.8, 4) is 0 Å². The van der Waals surface area contributed by atoms with Crippen LogP contribution in [0.1, 0.15) is 32.3 Å². The quantitative estimate of drug-likeness (QED) is 0.603. The number of hydrogen-bond donors (Lipinski definition) is 2. The molecule has 0 amide bonds. The van der Waals surface area contributed by atoms with Gasteiger partial charge in [-0.2, -0.15) is 0 Å². The highest BCUT2D eigenvalue weighted by molar-refractivity contribution is 5.58. The molecule has 2 unspecified atom stereocenters. The molecule has 2 rings (SSSR count). The van der Waals surface area contributed by atoms with Crippen molar-refractivity contribution in [3.63, 3.8) is 0 Å². The van der Waals surface area contributed by atoms with E-state index in [0.717, 1.165) is 17.9 Å². The summed E-state index contributed by atoms with van der Waals surface area (Å²) in [7, 11) is 0. The minimum Gasteiger partial charge on any atom is -0.353 e. The van der Waals surface area contributed by atoms with Gasteiger partial charge in [0.15, 0.2) is 0 Å². The van der Waals surface area contributed by atoms with E-state index in [1.807, 2.05) is 6.92 Å². The van der Waals surface area contributed by atoms with E-state index in [2.05, 4.69) is 34.1 Å². The molecule has 0 aliphatic carbocycles. The summed E-state index contributed by atoms with van der Waals surface area (Å²) in [5, 5.41) is 0. The number of rotatable bonds is 2. The lowest BCUT2D eigenvalue weighted by Gasteiger charge is -2.39. The van der Waals surface area contributed by atoms with E-state index >= 15 is 0 Å². The second kappa shape index (κ2) is 4.87. The molecule has 1 saturated heterocycles. The first-order chi connectivity index (χ1) is 8.15. The van der Waals surface area contributed by atoms with Crippen molar-refractivity contribution in [1.29, 1.82) is 0 Å². The maximum absolute atomic E-state index is 5.45. The molecule has 17 heavy (non-hydrogen) atoms. The van der Waals surface area contributed by atoms with Gasteiger partial charge in [-0.1, -0.05) is 6.92 Å². The molecule has 1 aliphatic rings. The van der Waals surface area contributed by atoms with E-state index in [-0.39, 0.29) is 0 Å².